The van der Waals surface area contributed by atoms with E-state index in [1.165, 1.54) is 5.56 Å². The molecule has 0 spiro atoms. The molecule has 1 saturated heterocycles. The number of nitrogens with one attached hydrogen (secondary N) is 1. The minimum Gasteiger partial charge on any atom is -0.325 e. The maximum Gasteiger partial charge on any atom is 0.239 e. The van der Waals surface area contributed by atoms with E-state index in [-0.39, 0.29) is 11.8 Å². The van der Waals surface area contributed by atoms with Crippen molar-refractivity contribution in [2.24, 2.45) is 5.92 Å². The molecule has 25 heavy (non-hydrogen) atoms. The van der Waals surface area contributed by atoms with E-state index in [9.17, 15) is 9.59 Å². The van der Waals surface area contributed by atoms with Gasteiger partial charge < -0.3 is 10.2 Å². The molecule has 2 amide bonds. The third-order valence-electron chi connectivity index (χ3n) is 4.64. The van der Waals surface area contributed by atoms with Crippen molar-refractivity contribution in [2.45, 2.75) is 26.7 Å². The highest BCUT2D eigenvalue weighted by molar-refractivity contribution is 6.31. The Morgan fingerprint density at radius 3 is 2.64 bits per heavy atom. The van der Waals surface area contributed by atoms with E-state index in [0.717, 1.165) is 17.7 Å². The smallest absolute Gasteiger partial charge is 0.239 e. The number of nitrogens with zero attached hydrogens (tertiary/aromatic N) is 1. The van der Waals surface area contributed by atoms with Gasteiger partial charge in [0.1, 0.15) is 5.92 Å². The van der Waals surface area contributed by atoms with Gasteiger partial charge in [-0.3, -0.25) is 9.59 Å². The van der Waals surface area contributed by atoms with Crippen LogP contribution in [0, 0.1) is 12.8 Å². The van der Waals surface area contributed by atoms with Crippen molar-refractivity contribution >= 4 is 34.8 Å². The molecule has 0 saturated carbocycles. The lowest BCUT2D eigenvalue weighted by atomic mass is 10.1. The fraction of sp³-hybridized carbons (Fsp3) is 0.300. The standard InChI is InChI=1S/C20H21ClN2O2/c1-3-14-5-8-16(9-6-14)23-11-10-17(20(23)25)19(24)22-18-12-15(21)7-4-13(18)2/h4-9,12,17H,3,10-11H2,1-2H3,(H,22,24)/t17-/m1/s1. The van der Waals surface area contributed by atoms with Crippen LogP contribution >= 0.6 is 11.6 Å². The van der Waals surface area contributed by atoms with Gasteiger partial charge in [-0.15, -0.1) is 0 Å². The molecule has 130 valence electrons. The summed E-state index contributed by atoms with van der Waals surface area (Å²) < 4.78 is 0. The summed E-state index contributed by atoms with van der Waals surface area (Å²) in [5, 5.41) is 3.39. The van der Waals surface area contributed by atoms with E-state index < -0.39 is 5.92 Å². The zero-order valence-electron chi connectivity index (χ0n) is 14.4. The maximum absolute atomic E-state index is 12.7. The first-order valence-electron chi connectivity index (χ1n) is 8.47. The summed E-state index contributed by atoms with van der Waals surface area (Å²) in [5.74, 6) is -1.09. The van der Waals surface area contributed by atoms with E-state index in [1.807, 2.05) is 37.3 Å². The Labute approximate surface area is 152 Å². The minimum atomic E-state index is -0.663. The minimum absolute atomic E-state index is 0.151. The molecule has 0 unspecified atom stereocenters. The molecule has 1 N–H and O–H groups in total. The van der Waals surface area contributed by atoms with E-state index in [1.54, 1.807) is 17.0 Å². The number of hydrogen-bond donors (Lipinski definition) is 1. The van der Waals surface area contributed by atoms with Gasteiger partial charge in [-0.1, -0.05) is 36.7 Å². The lowest BCUT2D eigenvalue weighted by Crippen LogP contribution is -2.33. The quantitative estimate of drug-likeness (QED) is 0.834. The Morgan fingerprint density at radius 2 is 1.96 bits per heavy atom. The number of anilines is 2. The highest BCUT2D eigenvalue weighted by Crippen LogP contribution is 2.27. The molecule has 1 atom stereocenters. The monoisotopic (exact) mass is 356 g/mol. The maximum atomic E-state index is 12.7. The summed E-state index contributed by atoms with van der Waals surface area (Å²) in [6.45, 7) is 4.54. The highest BCUT2D eigenvalue weighted by atomic mass is 35.5. The van der Waals surface area contributed by atoms with E-state index >= 15 is 0 Å². The average Bonchev–Trinajstić information content (AvgIpc) is 3.00. The molecule has 0 radical (unpaired) electrons. The number of halogens is 1. The van der Waals surface area contributed by atoms with Crippen LogP contribution in [0.4, 0.5) is 11.4 Å². The predicted molar refractivity (Wildman–Crippen MR) is 101 cm³/mol. The molecule has 1 aliphatic rings. The Kier molecular flexibility index (Phi) is 5.09. The zero-order valence-corrected chi connectivity index (χ0v) is 15.1. The van der Waals surface area contributed by atoms with Crippen molar-refractivity contribution in [3.05, 3.63) is 58.6 Å². The van der Waals surface area contributed by atoms with Crippen LogP contribution in [0.5, 0.6) is 0 Å². The SMILES string of the molecule is CCc1ccc(N2CC[C@H](C(=O)Nc3cc(Cl)ccc3C)C2=O)cc1. The van der Waals surface area contributed by atoms with Gasteiger partial charge in [-0.25, -0.2) is 0 Å². The van der Waals surface area contributed by atoms with Crippen LogP contribution in [0.15, 0.2) is 42.5 Å². The predicted octanol–water partition coefficient (Wildman–Crippen LogP) is 4.20. The van der Waals surface area contributed by atoms with Gasteiger partial charge in [0.05, 0.1) is 0 Å². The summed E-state index contributed by atoms with van der Waals surface area (Å²) in [6, 6.07) is 13.2. The molecule has 0 aromatic heterocycles. The van der Waals surface area contributed by atoms with Crippen molar-refractivity contribution in [1.29, 1.82) is 0 Å². The summed E-state index contributed by atoms with van der Waals surface area (Å²) in [5.41, 5.74) is 3.63. The molecule has 0 bridgehead atoms. The summed E-state index contributed by atoms with van der Waals surface area (Å²) >= 11 is 5.99. The molecular weight excluding hydrogens is 336 g/mol. The first-order chi connectivity index (χ1) is 12.0. The number of carbonyl (C=O) groups excluding carboxylic acids is 2. The number of rotatable bonds is 4. The van der Waals surface area contributed by atoms with Gasteiger partial charge in [0.2, 0.25) is 11.8 Å². The van der Waals surface area contributed by atoms with Gasteiger partial charge in [-0.2, -0.15) is 0 Å². The van der Waals surface area contributed by atoms with Crippen molar-refractivity contribution in [2.75, 3.05) is 16.8 Å². The number of carbonyl (C=O) groups is 2. The summed E-state index contributed by atoms with van der Waals surface area (Å²) in [4.78, 5) is 26.9. The van der Waals surface area contributed by atoms with Crippen LogP contribution in [-0.4, -0.2) is 18.4 Å². The second kappa shape index (κ2) is 7.28. The lowest BCUT2D eigenvalue weighted by Gasteiger charge is -2.17. The Morgan fingerprint density at radius 1 is 1.24 bits per heavy atom. The third kappa shape index (κ3) is 3.69. The Balaban J connectivity index is 1.72. The molecule has 3 rings (SSSR count). The van der Waals surface area contributed by atoms with Crippen LogP contribution in [0.25, 0.3) is 0 Å². The van der Waals surface area contributed by atoms with Gasteiger partial charge in [0.15, 0.2) is 0 Å². The molecule has 2 aromatic carbocycles. The van der Waals surface area contributed by atoms with E-state index in [4.69, 9.17) is 11.6 Å². The fourth-order valence-electron chi connectivity index (χ4n) is 3.04. The van der Waals surface area contributed by atoms with Crippen LogP contribution < -0.4 is 10.2 Å². The van der Waals surface area contributed by atoms with E-state index in [2.05, 4.69) is 12.2 Å². The Hall–Kier alpha value is -2.33. The summed E-state index contributed by atoms with van der Waals surface area (Å²) in [7, 11) is 0. The van der Waals surface area contributed by atoms with Gasteiger partial charge >= 0.3 is 0 Å². The van der Waals surface area contributed by atoms with Crippen molar-refractivity contribution < 1.29 is 9.59 Å². The van der Waals surface area contributed by atoms with Crippen LogP contribution in [0.3, 0.4) is 0 Å². The first kappa shape index (κ1) is 17.5. The number of hydrogen-bond acceptors (Lipinski definition) is 2. The van der Waals surface area contributed by atoms with Gasteiger partial charge in [0, 0.05) is 22.9 Å². The molecular formula is C20H21ClN2O2. The molecule has 0 aliphatic carbocycles. The van der Waals surface area contributed by atoms with Gasteiger partial charge in [-0.05, 0) is 55.2 Å². The molecule has 1 heterocycles. The van der Waals surface area contributed by atoms with Crippen molar-refractivity contribution in [1.82, 2.24) is 0 Å². The van der Waals surface area contributed by atoms with Crippen LogP contribution in [0.1, 0.15) is 24.5 Å². The topological polar surface area (TPSA) is 49.4 Å². The first-order valence-corrected chi connectivity index (χ1v) is 8.84. The van der Waals surface area contributed by atoms with Crippen LogP contribution in [0.2, 0.25) is 5.02 Å². The Bertz CT molecular complexity index is 802. The third-order valence-corrected chi connectivity index (χ3v) is 4.87. The van der Waals surface area contributed by atoms with Crippen molar-refractivity contribution in [3.8, 4) is 0 Å². The normalized spacial score (nSPS) is 17.0. The summed E-state index contributed by atoms with van der Waals surface area (Å²) in [6.07, 6.45) is 1.47. The lowest BCUT2D eigenvalue weighted by molar-refractivity contribution is -0.129. The molecule has 5 heteroatoms. The second-order valence-corrected chi connectivity index (χ2v) is 6.74. The van der Waals surface area contributed by atoms with Crippen LogP contribution in [-0.2, 0) is 16.0 Å². The zero-order chi connectivity index (χ0) is 18.0. The highest BCUT2D eigenvalue weighted by Gasteiger charge is 2.37. The number of benzene rings is 2. The van der Waals surface area contributed by atoms with E-state index in [0.29, 0.717) is 23.7 Å². The second-order valence-electron chi connectivity index (χ2n) is 6.30. The molecule has 4 nitrogen and oxygen atoms in total. The largest absolute Gasteiger partial charge is 0.325 e. The van der Waals surface area contributed by atoms with Crippen molar-refractivity contribution in [3.63, 3.8) is 0 Å². The number of aryl methyl sites for hydroxylation is 2. The molecule has 1 fully saturated rings. The van der Waals surface area contributed by atoms with Gasteiger partial charge in [0.25, 0.3) is 0 Å². The fourth-order valence-corrected chi connectivity index (χ4v) is 3.21. The molecule has 2 aromatic rings. The molecule has 1 aliphatic heterocycles. The number of amides is 2. The average molecular weight is 357 g/mol.